The number of aliphatic hydroxyl groups is 1. The smallest absolute Gasteiger partial charge is 0.299 e. The fourth-order valence-corrected chi connectivity index (χ4v) is 3.21. The molecular formula is C19H17ClN2O2. The monoisotopic (exact) mass is 340 g/mol. The van der Waals surface area contributed by atoms with Crippen molar-refractivity contribution in [2.75, 3.05) is 5.32 Å². The van der Waals surface area contributed by atoms with Gasteiger partial charge in [-0.1, -0.05) is 23.7 Å². The highest BCUT2D eigenvalue weighted by molar-refractivity contribution is 6.30. The summed E-state index contributed by atoms with van der Waals surface area (Å²) in [5.41, 5.74) is 4.28. The standard InChI is InChI=1S/C19H17ClN2O2/c20-14-7-4-13(5-8-14)18-11-21-19(24-18)22-17-3-1-2-12-6-9-15(23)10-16(12)17/h1-5,7-8,11,15,23H,6,9-10H2,(H,21,22). The van der Waals surface area contributed by atoms with Gasteiger partial charge in [0, 0.05) is 22.7 Å². The van der Waals surface area contributed by atoms with Crippen LogP contribution in [0.25, 0.3) is 11.3 Å². The van der Waals surface area contributed by atoms with Gasteiger partial charge in [0.1, 0.15) is 0 Å². The Bertz CT molecular complexity index is 858. The van der Waals surface area contributed by atoms with Crippen molar-refractivity contribution in [1.29, 1.82) is 0 Å². The summed E-state index contributed by atoms with van der Waals surface area (Å²) in [7, 11) is 0. The van der Waals surface area contributed by atoms with Crippen LogP contribution in [0.4, 0.5) is 11.7 Å². The van der Waals surface area contributed by atoms with E-state index in [4.69, 9.17) is 16.0 Å². The van der Waals surface area contributed by atoms with E-state index in [9.17, 15) is 5.11 Å². The number of aliphatic hydroxyl groups excluding tert-OH is 1. The van der Waals surface area contributed by atoms with Crippen LogP contribution in [0.1, 0.15) is 17.5 Å². The van der Waals surface area contributed by atoms with Crippen LogP contribution in [0.3, 0.4) is 0 Å². The maximum absolute atomic E-state index is 9.94. The second-order valence-electron chi connectivity index (χ2n) is 6.00. The van der Waals surface area contributed by atoms with Crippen molar-refractivity contribution in [3.8, 4) is 11.3 Å². The minimum absolute atomic E-state index is 0.283. The molecule has 1 atom stereocenters. The molecule has 1 aliphatic carbocycles. The van der Waals surface area contributed by atoms with Gasteiger partial charge in [-0.05, 0) is 54.3 Å². The van der Waals surface area contributed by atoms with Crippen molar-refractivity contribution < 1.29 is 9.52 Å². The van der Waals surface area contributed by atoms with E-state index in [-0.39, 0.29) is 6.10 Å². The minimum atomic E-state index is -0.283. The topological polar surface area (TPSA) is 58.3 Å². The third-order valence-corrected chi connectivity index (χ3v) is 4.59. The van der Waals surface area contributed by atoms with E-state index >= 15 is 0 Å². The quantitative estimate of drug-likeness (QED) is 0.732. The number of nitrogens with zero attached hydrogens (tertiary/aromatic N) is 1. The molecule has 4 nitrogen and oxygen atoms in total. The molecule has 1 heterocycles. The van der Waals surface area contributed by atoms with Gasteiger partial charge < -0.3 is 14.8 Å². The summed E-state index contributed by atoms with van der Waals surface area (Å²) in [5.74, 6) is 0.680. The summed E-state index contributed by atoms with van der Waals surface area (Å²) >= 11 is 5.91. The fraction of sp³-hybridized carbons (Fsp3) is 0.211. The van der Waals surface area contributed by atoms with Crippen LogP contribution in [0.15, 0.2) is 53.1 Å². The Labute approximate surface area is 145 Å². The lowest BCUT2D eigenvalue weighted by Gasteiger charge is -2.23. The number of anilines is 2. The number of aromatic nitrogens is 1. The minimum Gasteiger partial charge on any atom is -0.423 e. The average Bonchev–Trinajstić information content (AvgIpc) is 3.05. The molecule has 1 unspecified atom stereocenters. The van der Waals surface area contributed by atoms with E-state index in [1.165, 1.54) is 5.56 Å². The van der Waals surface area contributed by atoms with Gasteiger partial charge in [-0.3, -0.25) is 0 Å². The van der Waals surface area contributed by atoms with E-state index in [2.05, 4.69) is 16.4 Å². The molecule has 0 radical (unpaired) electrons. The summed E-state index contributed by atoms with van der Waals surface area (Å²) in [6, 6.07) is 14.0. The first kappa shape index (κ1) is 15.2. The van der Waals surface area contributed by atoms with Gasteiger partial charge in [0.05, 0.1) is 12.3 Å². The van der Waals surface area contributed by atoms with Crippen LogP contribution in [0, 0.1) is 0 Å². The maximum Gasteiger partial charge on any atom is 0.299 e. The molecule has 0 saturated heterocycles. The van der Waals surface area contributed by atoms with Crippen molar-refractivity contribution in [2.45, 2.75) is 25.4 Å². The van der Waals surface area contributed by atoms with Crippen molar-refractivity contribution in [3.05, 3.63) is 64.8 Å². The van der Waals surface area contributed by atoms with Crippen LogP contribution in [-0.2, 0) is 12.8 Å². The third kappa shape index (κ3) is 3.03. The largest absolute Gasteiger partial charge is 0.423 e. The Morgan fingerprint density at radius 3 is 2.83 bits per heavy atom. The molecule has 1 aromatic heterocycles. The Hall–Kier alpha value is -2.30. The molecule has 0 bridgehead atoms. The summed E-state index contributed by atoms with van der Waals surface area (Å²) in [6.07, 6.45) is 3.78. The van der Waals surface area contributed by atoms with Crippen molar-refractivity contribution in [3.63, 3.8) is 0 Å². The predicted molar refractivity (Wildman–Crippen MR) is 94.7 cm³/mol. The van der Waals surface area contributed by atoms with Crippen LogP contribution in [-0.4, -0.2) is 16.2 Å². The van der Waals surface area contributed by atoms with Gasteiger partial charge in [-0.15, -0.1) is 0 Å². The van der Waals surface area contributed by atoms with E-state index in [1.807, 2.05) is 36.4 Å². The third-order valence-electron chi connectivity index (χ3n) is 4.34. The molecular weight excluding hydrogens is 324 g/mol. The van der Waals surface area contributed by atoms with Crippen molar-refractivity contribution in [1.82, 2.24) is 4.98 Å². The molecule has 0 aliphatic heterocycles. The molecule has 2 aromatic carbocycles. The second-order valence-corrected chi connectivity index (χ2v) is 6.44. The second kappa shape index (κ2) is 6.30. The van der Waals surface area contributed by atoms with Gasteiger partial charge >= 0.3 is 0 Å². The number of aryl methyl sites for hydroxylation is 1. The van der Waals surface area contributed by atoms with Gasteiger partial charge in [0.25, 0.3) is 6.01 Å². The normalized spacial score (nSPS) is 16.7. The Kier molecular flexibility index (Phi) is 4.00. The SMILES string of the molecule is OC1CCc2cccc(Nc3ncc(-c4ccc(Cl)cc4)o3)c2C1. The van der Waals surface area contributed by atoms with E-state index in [0.717, 1.165) is 29.7 Å². The summed E-state index contributed by atoms with van der Waals surface area (Å²) in [6.45, 7) is 0. The van der Waals surface area contributed by atoms with Crippen LogP contribution < -0.4 is 5.32 Å². The van der Waals surface area contributed by atoms with Gasteiger partial charge in [-0.2, -0.15) is 0 Å². The van der Waals surface area contributed by atoms with Gasteiger partial charge in [-0.25, -0.2) is 4.98 Å². The molecule has 0 fully saturated rings. The summed E-state index contributed by atoms with van der Waals surface area (Å²) in [5, 5.41) is 13.9. The number of benzene rings is 2. The Morgan fingerprint density at radius 1 is 1.17 bits per heavy atom. The van der Waals surface area contributed by atoms with E-state index in [0.29, 0.717) is 23.2 Å². The number of halogens is 1. The Balaban J connectivity index is 1.60. The summed E-state index contributed by atoms with van der Waals surface area (Å²) in [4.78, 5) is 4.30. The first-order valence-corrected chi connectivity index (χ1v) is 8.34. The highest BCUT2D eigenvalue weighted by Crippen LogP contribution is 2.31. The van der Waals surface area contributed by atoms with Crippen molar-refractivity contribution in [2.24, 2.45) is 0 Å². The lowest BCUT2D eigenvalue weighted by atomic mass is 9.88. The molecule has 0 saturated carbocycles. The van der Waals surface area contributed by atoms with Gasteiger partial charge in [0.15, 0.2) is 5.76 Å². The molecule has 2 N–H and O–H groups in total. The highest BCUT2D eigenvalue weighted by Gasteiger charge is 2.19. The molecule has 1 aliphatic rings. The molecule has 0 amide bonds. The van der Waals surface area contributed by atoms with Crippen LogP contribution in [0.2, 0.25) is 5.02 Å². The van der Waals surface area contributed by atoms with Crippen molar-refractivity contribution >= 4 is 23.3 Å². The predicted octanol–water partition coefficient (Wildman–Crippen LogP) is 4.59. The molecule has 24 heavy (non-hydrogen) atoms. The highest BCUT2D eigenvalue weighted by atomic mass is 35.5. The summed E-state index contributed by atoms with van der Waals surface area (Å²) < 4.78 is 5.80. The first-order chi connectivity index (χ1) is 11.7. The van der Waals surface area contributed by atoms with E-state index < -0.39 is 0 Å². The number of hydrogen-bond acceptors (Lipinski definition) is 4. The maximum atomic E-state index is 9.94. The zero-order valence-electron chi connectivity index (χ0n) is 13.0. The number of oxazole rings is 1. The Morgan fingerprint density at radius 2 is 2.00 bits per heavy atom. The number of nitrogens with one attached hydrogen (secondary N) is 1. The molecule has 5 heteroatoms. The lowest BCUT2D eigenvalue weighted by molar-refractivity contribution is 0.159. The average molecular weight is 341 g/mol. The molecule has 122 valence electrons. The molecule has 0 spiro atoms. The first-order valence-electron chi connectivity index (χ1n) is 7.96. The zero-order valence-corrected chi connectivity index (χ0v) is 13.8. The lowest BCUT2D eigenvalue weighted by Crippen LogP contribution is -2.19. The fourth-order valence-electron chi connectivity index (χ4n) is 3.08. The zero-order chi connectivity index (χ0) is 16.5. The van der Waals surface area contributed by atoms with E-state index in [1.54, 1.807) is 6.20 Å². The van der Waals surface area contributed by atoms with Gasteiger partial charge in [0.2, 0.25) is 0 Å². The van der Waals surface area contributed by atoms with Crippen LogP contribution >= 0.6 is 11.6 Å². The number of hydrogen-bond donors (Lipinski definition) is 2. The molecule has 4 rings (SSSR count). The molecule has 3 aromatic rings. The number of fused-ring (bicyclic) bond motifs is 1. The number of rotatable bonds is 3. The van der Waals surface area contributed by atoms with Crippen LogP contribution in [0.5, 0.6) is 0 Å².